The Bertz CT molecular complexity index is 435. The van der Waals surface area contributed by atoms with Gasteiger partial charge in [-0.25, -0.2) is 0 Å². The molecule has 0 spiro atoms. The normalized spacial score (nSPS) is 24.8. The molecule has 1 atom stereocenters. The van der Waals surface area contributed by atoms with Crippen LogP contribution in [0, 0.1) is 5.92 Å². The van der Waals surface area contributed by atoms with Gasteiger partial charge in [0.1, 0.15) is 5.78 Å². The fourth-order valence-electron chi connectivity index (χ4n) is 3.01. The minimum absolute atomic E-state index is 0.450. The van der Waals surface area contributed by atoms with Crippen molar-refractivity contribution < 1.29 is 4.79 Å². The zero-order valence-electron chi connectivity index (χ0n) is 9.36. The van der Waals surface area contributed by atoms with Crippen molar-refractivity contribution in [3.8, 4) is 0 Å². The van der Waals surface area contributed by atoms with Gasteiger partial charge in [-0.1, -0.05) is 36.4 Å². The lowest BCUT2D eigenvalue weighted by Crippen LogP contribution is -2.18. The summed E-state index contributed by atoms with van der Waals surface area (Å²) < 4.78 is 0. The lowest BCUT2D eigenvalue weighted by Gasteiger charge is -2.26. The first kappa shape index (κ1) is 9.83. The Kier molecular flexibility index (Phi) is 2.39. The van der Waals surface area contributed by atoms with E-state index in [4.69, 9.17) is 0 Å². The second-order valence-electron chi connectivity index (χ2n) is 4.89. The van der Waals surface area contributed by atoms with Gasteiger partial charge in [0, 0.05) is 18.8 Å². The molecule has 1 saturated carbocycles. The fourth-order valence-corrected chi connectivity index (χ4v) is 3.01. The molecule has 0 bridgehead atoms. The van der Waals surface area contributed by atoms with Gasteiger partial charge in [-0.3, -0.25) is 4.79 Å². The van der Waals surface area contributed by atoms with E-state index in [9.17, 15) is 4.79 Å². The van der Waals surface area contributed by atoms with Crippen molar-refractivity contribution in [2.24, 2.45) is 5.92 Å². The average molecular weight is 212 g/mol. The molecular formula is C15H16O. The van der Waals surface area contributed by atoms with E-state index >= 15 is 0 Å². The number of hydrogen-bond donors (Lipinski definition) is 0. The second kappa shape index (κ2) is 3.89. The van der Waals surface area contributed by atoms with Crippen molar-refractivity contribution in [1.82, 2.24) is 0 Å². The highest BCUT2D eigenvalue weighted by molar-refractivity contribution is 5.79. The molecule has 0 heterocycles. The van der Waals surface area contributed by atoms with Crippen LogP contribution in [0.1, 0.15) is 42.7 Å². The number of hydrogen-bond acceptors (Lipinski definition) is 1. The van der Waals surface area contributed by atoms with Crippen molar-refractivity contribution in [2.45, 2.75) is 31.6 Å². The van der Waals surface area contributed by atoms with Gasteiger partial charge in [0.25, 0.3) is 0 Å². The van der Waals surface area contributed by atoms with Crippen molar-refractivity contribution in [3.05, 3.63) is 41.5 Å². The van der Waals surface area contributed by atoms with Crippen LogP contribution in [0.2, 0.25) is 0 Å². The molecule has 1 aromatic rings. The Labute approximate surface area is 96.2 Å². The van der Waals surface area contributed by atoms with Gasteiger partial charge in [0.2, 0.25) is 0 Å². The molecule has 0 saturated heterocycles. The maximum Gasteiger partial charge on any atom is 0.132 e. The summed E-state index contributed by atoms with van der Waals surface area (Å²) in [5.74, 6) is 1.69. The zero-order chi connectivity index (χ0) is 11.0. The molecule has 0 N–H and O–H groups in total. The third-order valence-corrected chi connectivity index (χ3v) is 3.93. The van der Waals surface area contributed by atoms with E-state index in [0.717, 1.165) is 25.7 Å². The number of fused-ring (bicyclic) bond motifs is 1. The SMILES string of the molecule is O=C1CCC(C2C=Cc3ccccc32)CC1. The Morgan fingerprint density at radius 1 is 1.06 bits per heavy atom. The summed E-state index contributed by atoms with van der Waals surface area (Å²) >= 11 is 0. The highest BCUT2D eigenvalue weighted by Gasteiger charge is 2.28. The van der Waals surface area contributed by atoms with Crippen LogP contribution in [0.15, 0.2) is 30.3 Å². The van der Waals surface area contributed by atoms with Gasteiger partial charge in [0.15, 0.2) is 0 Å². The van der Waals surface area contributed by atoms with Crippen LogP contribution in [0.25, 0.3) is 6.08 Å². The first-order valence-electron chi connectivity index (χ1n) is 6.13. The van der Waals surface area contributed by atoms with E-state index < -0.39 is 0 Å². The van der Waals surface area contributed by atoms with Crippen LogP contribution in [-0.2, 0) is 4.79 Å². The number of ketones is 1. The summed E-state index contributed by atoms with van der Waals surface area (Å²) in [5, 5.41) is 0. The lowest BCUT2D eigenvalue weighted by atomic mass is 9.77. The number of carbonyl (C=O) groups excluding carboxylic acids is 1. The molecule has 0 radical (unpaired) electrons. The summed E-state index contributed by atoms with van der Waals surface area (Å²) in [6, 6.07) is 8.62. The molecule has 1 aromatic carbocycles. The number of Topliss-reactive ketones (excluding diaryl/α,β-unsaturated/α-hetero) is 1. The molecule has 82 valence electrons. The molecular weight excluding hydrogens is 196 g/mol. The number of benzene rings is 1. The molecule has 2 aliphatic carbocycles. The van der Waals surface area contributed by atoms with Gasteiger partial charge in [-0.05, 0) is 29.9 Å². The maximum absolute atomic E-state index is 11.3. The minimum Gasteiger partial charge on any atom is -0.300 e. The number of rotatable bonds is 1. The van der Waals surface area contributed by atoms with Crippen LogP contribution in [-0.4, -0.2) is 5.78 Å². The molecule has 16 heavy (non-hydrogen) atoms. The number of allylic oxidation sites excluding steroid dienone is 1. The predicted octanol–water partition coefficient (Wildman–Crippen LogP) is 3.56. The Balaban J connectivity index is 1.83. The Morgan fingerprint density at radius 2 is 1.81 bits per heavy atom. The van der Waals surface area contributed by atoms with E-state index in [1.807, 2.05) is 0 Å². The Hall–Kier alpha value is -1.37. The predicted molar refractivity (Wildman–Crippen MR) is 65.2 cm³/mol. The lowest BCUT2D eigenvalue weighted by molar-refractivity contribution is -0.121. The topological polar surface area (TPSA) is 17.1 Å². The van der Waals surface area contributed by atoms with Crippen LogP contribution in [0.3, 0.4) is 0 Å². The summed E-state index contributed by atoms with van der Waals surface area (Å²) in [6.07, 6.45) is 8.28. The van der Waals surface area contributed by atoms with Crippen LogP contribution >= 0.6 is 0 Å². The monoisotopic (exact) mass is 212 g/mol. The van der Waals surface area contributed by atoms with Crippen LogP contribution < -0.4 is 0 Å². The average Bonchev–Trinajstić information content (AvgIpc) is 2.74. The highest BCUT2D eigenvalue weighted by atomic mass is 16.1. The molecule has 3 rings (SSSR count). The van der Waals surface area contributed by atoms with Crippen LogP contribution in [0.5, 0.6) is 0 Å². The van der Waals surface area contributed by atoms with Gasteiger partial charge < -0.3 is 0 Å². The molecule has 0 aromatic heterocycles. The van der Waals surface area contributed by atoms with Gasteiger partial charge >= 0.3 is 0 Å². The van der Waals surface area contributed by atoms with Gasteiger partial charge in [-0.2, -0.15) is 0 Å². The summed E-state index contributed by atoms with van der Waals surface area (Å²) in [4.78, 5) is 11.3. The second-order valence-corrected chi connectivity index (χ2v) is 4.89. The van der Waals surface area contributed by atoms with Crippen molar-refractivity contribution in [2.75, 3.05) is 0 Å². The third kappa shape index (κ3) is 1.60. The van der Waals surface area contributed by atoms with Crippen molar-refractivity contribution in [1.29, 1.82) is 0 Å². The molecule has 0 amide bonds. The molecule has 1 heteroatoms. The van der Waals surface area contributed by atoms with Crippen molar-refractivity contribution in [3.63, 3.8) is 0 Å². The van der Waals surface area contributed by atoms with Crippen molar-refractivity contribution >= 4 is 11.9 Å². The van der Waals surface area contributed by atoms with E-state index in [0.29, 0.717) is 17.6 Å². The van der Waals surface area contributed by atoms with Crippen LogP contribution in [0.4, 0.5) is 0 Å². The molecule has 1 nitrogen and oxygen atoms in total. The molecule has 1 unspecified atom stereocenters. The third-order valence-electron chi connectivity index (χ3n) is 3.93. The fraction of sp³-hybridized carbons (Fsp3) is 0.400. The van der Waals surface area contributed by atoms with E-state index in [1.165, 1.54) is 11.1 Å². The van der Waals surface area contributed by atoms with Gasteiger partial charge in [0.05, 0.1) is 0 Å². The first-order chi connectivity index (χ1) is 7.84. The number of carbonyl (C=O) groups is 1. The maximum atomic E-state index is 11.3. The summed E-state index contributed by atoms with van der Waals surface area (Å²) in [6.45, 7) is 0. The van der Waals surface area contributed by atoms with E-state index in [-0.39, 0.29) is 0 Å². The quantitative estimate of drug-likeness (QED) is 0.695. The zero-order valence-corrected chi connectivity index (χ0v) is 9.36. The summed E-state index contributed by atoms with van der Waals surface area (Å²) in [5.41, 5.74) is 2.83. The van der Waals surface area contributed by atoms with Gasteiger partial charge in [-0.15, -0.1) is 0 Å². The molecule has 2 aliphatic rings. The highest BCUT2D eigenvalue weighted by Crippen LogP contribution is 2.41. The molecule has 1 fully saturated rings. The first-order valence-corrected chi connectivity index (χ1v) is 6.13. The smallest absolute Gasteiger partial charge is 0.132 e. The standard InChI is InChI=1S/C15H16O/c16-13-8-5-12(6-9-13)15-10-7-11-3-1-2-4-14(11)15/h1-4,7,10,12,15H,5-6,8-9H2. The Morgan fingerprint density at radius 3 is 2.62 bits per heavy atom. The largest absolute Gasteiger partial charge is 0.300 e. The summed E-state index contributed by atoms with van der Waals surface area (Å²) in [7, 11) is 0. The van der Waals surface area contributed by atoms with E-state index in [1.54, 1.807) is 0 Å². The molecule has 0 aliphatic heterocycles. The van der Waals surface area contributed by atoms with E-state index in [2.05, 4.69) is 36.4 Å². The minimum atomic E-state index is 0.450.